The van der Waals surface area contributed by atoms with E-state index in [1.54, 1.807) is 11.0 Å². The lowest BCUT2D eigenvalue weighted by molar-refractivity contribution is -0.139. The van der Waals surface area contributed by atoms with Crippen molar-refractivity contribution >= 4 is 23.4 Å². The molecule has 1 N–H and O–H groups in total. The number of carbonyl (C=O) groups excluding carboxylic acids is 2. The molecule has 1 fully saturated rings. The lowest BCUT2D eigenvalue weighted by Gasteiger charge is -2.27. The maximum atomic E-state index is 13.2. The summed E-state index contributed by atoms with van der Waals surface area (Å²) in [6.45, 7) is 6.91. The van der Waals surface area contributed by atoms with Crippen LogP contribution in [0.1, 0.15) is 45.6 Å². The van der Waals surface area contributed by atoms with Gasteiger partial charge in [0.05, 0.1) is 5.02 Å². The van der Waals surface area contributed by atoms with E-state index in [2.05, 4.69) is 5.32 Å². The van der Waals surface area contributed by atoms with E-state index in [0.717, 1.165) is 12.0 Å². The van der Waals surface area contributed by atoms with Crippen molar-refractivity contribution in [1.82, 2.24) is 10.2 Å². The third kappa shape index (κ3) is 4.94. The van der Waals surface area contributed by atoms with E-state index in [1.165, 1.54) is 12.1 Å². The Bertz CT molecular complexity index is 628. The molecule has 2 rings (SSSR count). The molecule has 6 heteroatoms. The second-order valence-electron chi connectivity index (χ2n) is 7.45. The van der Waals surface area contributed by atoms with Gasteiger partial charge in [0.1, 0.15) is 11.9 Å². The van der Waals surface area contributed by atoms with Gasteiger partial charge in [-0.2, -0.15) is 0 Å². The molecule has 2 amide bonds. The van der Waals surface area contributed by atoms with Gasteiger partial charge in [-0.15, -0.1) is 0 Å². The topological polar surface area (TPSA) is 49.4 Å². The van der Waals surface area contributed by atoms with Gasteiger partial charge in [-0.1, -0.05) is 38.4 Å². The van der Waals surface area contributed by atoms with Crippen LogP contribution < -0.4 is 5.32 Å². The van der Waals surface area contributed by atoms with Crippen molar-refractivity contribution in [3.63, 3.8) is 0 Å². The number of rotatable bonds is 4. The normalized spacial score (nSPS) is 17.9. The second-order valence-corrected chi connectivity index (χ2v) is 7.86. The summed E-state index contributed by atoms with van der Waals surface area (Å²) < 4.78 is 13.2. The Balaban J connectivity index is 1.95. The predicted octanol–water partition coefficient (Wildman–Crippen LogP) is 3.52. The van der Waals surface area contributed by atoms with Crippen LogP contribution in [0.5, 0.6) is 0 Å². The molecule has 0 radical (unpaired) electrons. The zero-order valence-corrected chi connectivity index (χ0v) is 15.1. The molecule has 0 aliphatic carbocycles. The van der Waals surface area contributed by atoms with Gasteiger partial charge in [0.15, 0.2) is 0 Å². The smallest absolute Gasteiger partial charge is 0.243 e. The Hall–Kier alpha value is -1.62. The Morgan fingerprint density at radius 1 is 1.38 bits per heavy atom. The molecule has 132 valence electrons. The molecule has 1 aromatic carbocycles. The van der Waals surface area contributed by atoms with Crippen molar-refractivity contribution in [2.24, 2.45) is 5.41 Å². The number of likely N-dealkylation sites (tertiary alicyclic amines) is 1. The van der Waals surface area contributed by atoms with Gasteiger partial charge in [-0.05, 0) is 36.0 Å². The van der Waals surface area contributed by atoms with E-state index in [4.69, 9.17) is 11.6 Å². The molecule has 0 aromatic heterocycles. The number of hydrogen-bond donors (Lipinski definition) is 1. The third-order valence-electron chi connectivity index (χ3n) is 4.01. The summed E-state index contributed by atoms with van der Waals surface area (Å²) >= 11 is 5.74. The first-order valence-electron chi connectivity index (χ1n) is 8.18. The van der Waals surface area contributed by atoms with Crippen LogP contribution in [0.15, 0.2) is 18.2 Å². The number of halogens is 2. The van der Waals surface area contributed by atoms with Crippen LogP contribution >= 0.6 is 11.6 Å². The predicted molar refractivity (Wildman–Crippen MR) is 92.1 cm³/mol. The van der Waals surface area contributed by atoms with Gasteiger partial charge in [-0.3, -0.25) is 9.59 Å². The number of benzene rings is 1. The fourth-order valence-electron chi connectivity index (χ4n) is 2.85. The average molecular weight is 355 g/mol. The first-order valence-corrected chi connectivity index (χ1v) is 8.56. The second kappa shape index (κ2) is 7.51. The van der Waals surface area contributed by atoms with E-state index in [1.807, 2.05) is 20.8 Å². The van der Waals surface area contributed by atoms with E-state index in [9.17, 15) is 14.0 Å². The summed E-state index contributed by atoms with van der Waals surface area (Å²) in [5, 5.41) is 2.85. The maximum absolute atomic E-state index is 13.2. The van der Waals surface area contributed by atoms with Crippen LogP contribution in [0.3, 0.4) is 0 Å². The Labute approximate surface area is 147 Å². The standard InChI is InChI=1S/C18H24ClFN2O2/c1-18(2,3)10-16(23)22-8-4-5-15(22)17(24)21-11-12-6-7-14(20)13(19)9-12/h6-7,9,15H,4-5,8,10-11H2,1-3H3,(H,21,24). The SMILES string of the molecule is CC(C)(C)CC(=O)N1CCCC1C(=O)NCc1ccc(F)c(Cl)c1. The van der Waals surface area contributed by atoms with Gasteiger partial charge in [0.2, 0.25) is 11.8 Å². The highest BCUT2D eigenvalue weighted by molar-refractivity contribution is 6.30. The van der Waals surface area contributed by atoms with Crippen LogP contribution in [0.25, 0.3) is 0 Å². The minimum Gasteiger partial charge on any atom is -0.350 e. The molecule has 1 aromatic rings. The quantitative estimate of drug-likeness (QED) is 0.899. The molecule has 4 nitrogen and oxygen atoms in total. The third-order valence-corrected chi connectivity index (χ3v) is 4.30. The molecule has 0 saturated carbocycles. The fraction of sp³-hybridized carbons (Fsp3) is 0.556. The van der Waals surface area contributed by atoms with Crippen molar-refractivity contribution in [3.05, 3.63) is 34.6 Å². The molecule has 1 aliphatic rings. The number of hydrogen-bond acceptors (Lipinski definition) is 2. The van der Waals surface area contributed by atoms with Crippen LogP contribution in [0.4, 0.5) is 4.39 Å². The molecule has 0 bridgehead atoms. The van der Waals surface area contributed by atoms with Gasteiger partial charge >= 0.3 is 0 Å². The summed E-state index contributed by atoms with van der Waals surface area (Å²) in [7, 11) is 0. The summed E-state index contributed by atoms with van der Waals surface area (Å²) in [4.78, 5) is 26.5. The molecule has 0 spiro atoms. The van der Waals surface area contributed by atoms with Crippen molar-refractivity contribution in [1.29, 1.82) is 0 Å². The zero-order chi connectivity index (χ0) is 17.9. The summed E-state index contributed by atoms with van der Waals surface area (Å²) in [5.74, 6) is -0.637. The lowest BCUT2D eigenvalue weighted by atomic mass is 9.91. The van der Waals surface area contributed by atoms with Crippen molar-refractivity contribution in [3.8, 4) is 0 Å². The summed E-state index contributed by atoms with van der Waals surface area (Å²) in [6.07, 6.45) is 1.92. The molecular formula is C18H24ClFN2O2. The van der Waals surface area contributed by atoms with E-state index >= 15 is 0 Å². The minimum absolute atomic E-state index is 0.0185. The van der Waals surface area contributed by atoms with Gasteiger partial charge in [0, 0.05) is 19.5 Å². The monoisotopic (exact) mass is 354 g/mol. The zero-order valence-electron chi connectivity index (χ0n) is 14.4. The van der Waals surface area contributed by atoms with E-state index in [-0.39, 0.29) is 28.8 Å². The van der Waals surface area contributed by atoms with Crippen LogP contribution in [-0.2, 0) is 16.1 Å². The van der Waals surface area contributed by atoms with Gasteiger partial charge < -0.3 is 10.2 Å². The Morgan fingerprint density at radius 2 is 2.08 bits per heavy atom. The summed E-state index contributed by atoms with van der Waals surface area (Å²) in [6, 6.07) is 3.93. The van der Waals surface area contributed by atoms with Gasteiger partial charge in [0.25, 0.3) is 0 Å². The molecule has 1 aliphatic heterocycles. The molecule has 1 saturated heterocycles. The van der Waals surface area contributed by atoms with E-state index < -0.39 is 11.9 Å². The van der Waals surface area contributed by atoms with Crippen molar-refractivity contribution < 1.29 is 14.0 Å². The van der Waals surface area contributed by atoms with Crippen LogP contribution in [0.2, 0.25) is 5.02 Å². The molecular weight excluding hydrogens is 331 g/mol. The van der Waals surface area contributed by atoms with Crippen molar-refractivity contribution in [2.75, 3.05) is 6.54 Å². The maximum Gasteiger partial charge on any atom is 0.243 e. The van der Waals surface area contributed by atoms with Crippen LogP contribution in [-0.4, -0.2) is 29.3 Å². The fourth-order valence-corrected chi connectivity index (χ4v) is 3.05. The highest BCUT2D eigenvalue weighted by Gasteiger charge is 2.35. The van der Waals surface area contributed by atoms with Gasteiger partial charge in [-0.25, -0.2) is 4.39 Å². The molecule has 1 heterocycles. The largest absolute Gasteiger partial charge is 0.350 e. The minimum atomic E-state index is -0.485. The number of amides is 2. The molecule has 1 unspecified atom stereocenters. The molecule has 24 heavy (non-hydrogen) atoms. The first-order chi connectivity index (χ1) is 11.2. The first kappa shape index (κ1) is 18.7. The number of nitrogens with one attached hydrogen (secondary N) is 1. The summed E-state index contributed by atoms with van der Waals surface area (Å²) in [5.41, 5.74) is 0.617. The average Bonchev–Trinajstić information content (AvgIpc) is 2.96. The molecule has 1 atom stereocenters. The highest BCUT2D eigenvalue weighted by Crippen LogP contribution is 2.25. The Kier molecular flexibility index (Phi) is 5.86. The van der Waals surface area contributed by atoms with Crippen molar-refractivity contribution in [2.45, 2.75) is 52.6 Å². The highest BCUT2D eigenvalue weighted by atomic mass is 35.5. The van der Waals surface area contributed by atoms with Crippen LogP contribution in [0, 0.1) is 11.2 Å². The Morgan fingerprint density at radius 3 is 2.71 bits per heavy atom. The number of carbonyl (C=O) groups is 2. The number of nitrogens with zero attached hydrogens (tertiary/aromatic N) is 1. The lowest BCUT2D eigenvalue weighted by Crippen LogP contribution is -2.46. The van der Waals surface area contributed by atoms with E-state index in [0.29, 0.717) is 19.4 Å².